The Morgan fingerprint density at radius 2 is 1.90 bits per heavy atom. The van der Waals surface area contributed by atoms with E-state index in [0.717, 1.165) is 6.26 Å². The van der Waals surface area contributed by atoms with Crippen LogP contribution in [0.1, 0.15) is 30.6 Å². The molecule has 0 N–H and O–H groups in total. The summed E-state index contributed by atoms with van der Waals surface area (Å²) in [5.74, 6) is -1.62. The van der Waals surface area contributed by atoms with Crippen molar-refractivity contribution in [2.75, 3.05) is 12.9 Å². The van der Waals surface area contributed by atoms with Crippen LogP contribution < -0.4 is 0 Å². The van der Waals surface area contributed by atoms with Crippen LogP contribution in [0.25, 0.3) is 0 Å². The number of esters is 1. The van der Waals surface area contributed by atoms with E-state index in [1.54, 1.807) is 13.8 Å². The van der Waals surface area contributed by atoms with E-state index in [1.807, 2.05) is 0 Å². The molecule has 2 aliphatic heterocycles. The summed E-state index contributed by atoms with van der Waals surface area (Å²) in [6, 6.07) is 4.97. The summed E-state index contributed by atoms with van der Waals surface area (Å²) in [5.41, 5.74) is 0.00768. The Kier molecular flexibility index (Phi) is 5.92. The van der Waals surface area contributed by atoms with Crippen LogP contribution in [0.2, 0.25) is 0 Å². The maximum absolute atomic E-state index is 12.1. The smallest absolute Gasteiger partial charge is 0.338 e. The van der Waals surface area contributed by atoms with Crippen molar-refractivity contribution in [1.29, 1.82) is 0 Å². The Morgan fingerprint density at radius 3 is 2.48 bits per heavy atom. The Morgan fingerprint density at radius 1 is 1.24 bits per heavy atom. The SMILES string of the molecule is CC1(C)O[C@H]2O[C@@H](CCOC(=O)c3ccc([N+](=O)[O-])cc3)[C@H](OS(C)(=O)=O)[C@@H]2O1. The molecule has 3 rings (SSSR count). The van der Waals surface area contributed by atoms with E-state index in [4.69, 9.17) is 23.1 Å². The number of nitro groups is 1. The van der Waals surface area contributed by atoms with Gasteiger partial charge in [0, 0.05) is 18.6 Å². The van der Waals surface area contributed by atoms with Crippen LogP contribution in [0.15, 0.2) is 24.3 Å². The minimum Gasteiger partial charge on any atom is -0.462 e. The van der Waals surface area contributed by atoms with E-state index in [-0.39, 0.29) is 24.3 Å². The van der Waals surface area contributed by atoms with Gasteiger partial charge in [0.15, 0.2) is 12.1 Å². The summed E-state index contributed by atoms with van der Waals surface area (Å²) in [6.07, 6.45) is -2.16. The molecule has 0 spiro atoms. The number of rotatable bonds is 7. The first-order valence-corrected chi connectivity index (χ1v) is 10.6. The molecule has 4 atom stereocenters. The zero-order chi connectivity index (χ0) is 21.4. The molecule has 11 nitrogen and oxygen atoms in total. The number of fused-ring (bicyclic) bond motifs is 1. The summed E-state index contributed by atoms with van der Waals surface area (Å²) >= 11 is 0. The minimum atomic E-state index is -3.79. The van der Waals surface area contributed by atoms with E-state index in [1.165, 1.54) is 24.3 Å². The Balaban J connectivity index is 1.59. The van der Waals surface area contributed by atoms with Gasteiger partial charge in [0.1, 0.15) is 12.2 Å². The molecular formula is C17H21NO10S. The highest BCUT2D eigenvalue weighted by atomic mass is 32.2. The number of carbonyl (C=O) groups is 1. The highest BCUT2D eigenvalue weighted by molar-refractivity contribution is 7.86. The fourth-order valence-corrected chi connectivity index (χ4v) is 3.80. The molecule has 0 aromatic heterocycles. The van der Waals surface area contributed by atoms with Crippen LogP contribution in [0.4, 0.5) is 5.69 Å². The quantitative estimate of drug-likeness (QED) is 0.269. The molecule has 2 aliphatic rings. The van der Waals surface area contributed by atoms with Crippen LogP contribution in [-0.4, -0.2) is 62.6 Å². The third kappa shape index (κ3) is 5.28. The topological polar surface area (TPSA) is 140 Å². The Hall–Kier alpha value is -2.12. The van der Waals surface area contributed by atoms with Crippen molar-refractivity contribution < 1.29 is 41.3 Å². The van der Waals surface area contributed by atoms with Gasteiger partial charge in [-0.25, -0.2) is 4.79 Å². The fraction of sp³-hybridized carbons (Fsp3) is 0.588. The summed E-state index contributed by atoms with van der Waals surface area (Å²) in [7, 11) is -3.79. The molecular weight excluding hydrogens is 410 g/mol. The predicted molar refractivity (Wildman–Crippen MR) is 96.4 cm³/mol. The number of nitrogens with zero attached hydrogens (tertiary/aromatic N) is 1. The number of benzene rings is 1. The van der Waals surface area contributed by atoms with Crippen molar-refractivity contribution in [3.05, 3.63) is 39.9 Å². The zero-order valence-corrected chi connectivity index (χ0v) is 16.8. The van der Waals surface area contributed by atoms with Crippen LogP contribution in [0.3, 0.4) is 0 Å². The minimum absolute atomic E-state index is 0.0903. The van der Waals surface area contributed by atoms with E-state index in [9.17, 15) is 23.3 Å². The Bertz CT molecular complexity index is 882. The van der Waals surface area contributed by atoms with Gasteiger partial charge in [-0.3, -0.25) is 14.3 Å². The highest BCUT2D eigenvalue weighted by Gasteiger charge is 2.56. The van der Waals surface area contributed by atoms with Crippen molar-refractivity contribution >= 4 is 21.8 Å². The molecule has 1 aromatic rings. The summed E-state index contributed by atoms with van der Waals surface area (Å²) < 4.78 is 50.5. The van der Waals surface area contributed by atoms with Crippen molar-refractivity contribution in [2.45, 2.75) is 50.7 Å². The number of hydrogen-bond donors (Lipinski definition) is 0. The number of ether oxygens (including phenoxy) is 4. The van der Waals surface area contributed by atoms with Crippen LogP contribution in [0.5, 0.6) is 0 Å². The van der Waals surface area contributed by atoms with Crippen molar-refractivity contribution in [3.8, 4) is 0 Å². The van der Waals surface area contributed by atoms with Crippen LogP contribution in [0, 0.1) is 10.1 Å². The lowest BCUT2D eigenvalue weighted by Crippen LogP contribution is -2.38. The fourth-order valence-electron chi connectivity index (χ4n) is 3.17. The van der Waals surface area contributed by atoms with Crippen molar-refractivity contribution in [2.24, 2.45) is 0 Å². The lowest BCUT2D eigenvalue weighted by atomic mass is 10.1. The van der Waals surface area contributed by atoms with Gasteiger partial charge in [-0.05, 0) is 26.0 Å². The third-order valence-corrected chi connectivity index (χ3v) is 4.89. The average Bonchev–Trinajstić information content (AvgIpc) is 3.06. The maximum atomic E-state index is 12.1. The Labute approximate surface area is 167 Å². The van der Waals surface area contributed by atoms with Crippen molar-refractivity contribution in [3.63, 3.8) is 0 Å². The average molecular weight is 431 g/mol. The van der Waals surface area contributed by atoms with E-state index >= 15 is 0 Å². The van der Waals surface area contributed by atoms with Gasteiger partial charge in [-0.2, -0.15) is 8.42 Å². The maximum Gasteiger partial charge on any atom is 0.338 e. The van der Waals surface area contributed by atoms with Gasteiger partial charge in [0.2, 0.25) is 0 Å². The lowest BCUT2D eigenvalue weighted by Gasteiger charge is -2.25. The largest absolute Gasteiger partial charge is 0.462 e. The van der Waals surface area contributed by atoms with Crippen LogP contribution in [-0.2, 0) is 33.2 Å². The highest BCUT2D eigenvalue weighted by Crippen LogP contribution is 2.40. The molecule has 0 aliphatic carbocycles. The molecule has 1 aromatic carbocycles. The van der Waals surface area contributed by atoms with Gasteiger partial charge in [-0.15, -0.1) is 0 Å². The molecule has 0 saturated carbocycles. The number of carbonyl (C=O) groups excluding carboxylic acids is 1. The molecule has 0 bridgehead atoms. The number of nitro benzene ring substituents is 1. The first-order chi connectivity index (χ1) is 13.5. The summed E-state index contributed by atoms with van der Waals surface area (Å²) in [6.45, 7) is 3.26. The van der Waals surface area contributed by atoms with Crippen LogP contribution >= 0.6 is 0 Å². The molecule has 160 valence electrons. The second kappa shape index (κ2) is 7.95. The molecule has 12 heteroatoms. The van der Waals surface area contributed by atoms with Gasteiger partial charge < -0.3 is 18.9 Å². The van der Waals surface area contributed by atoms with Gasteiger partial charge in [-0.1, -0.05) is 0 Å². The van der Waals surface area contributed by atoms with E-state index in [2.05, 4.69) is 0 Å². The standard InChI is InChI=1S/C17H21NO10S/c1-17(2)26-14-13(28-29(3,22)23)12(25-16(14)27-17)8-9-24-15(19)10-4-6-11(7-5-10)18(20)21/h4-7,12-14,16H,8-9H2,1-3H3/t12-,13-,14-,16+/m0/s1. The third-order valence-electron chi connectivity index (χ3n) is 4.32. The summed E-state index contributed by atoms with van der Waals surface area (Å²) in [5, 5.41) is 10.7. The lowest BCUT2D eigenvalue weighted by molar-refractivity contribution is -0.384. The molecule has 0 radical (unpaired) electrons. The second-order valence-electron chi connectivity index (χ2n) is 7.14. The molecule has 0 unspecified atom stereocenters. The summed E-state index contributed by atoms with van der Waals surface area (Å²) in [4.78, 5) is 22.2. The van der Waals surface area contributed by atoms with Crippen molar-refractivity contribution in [1.82, 2.24) is 0 Å². The monoisotopic (exact) mass is 431 g/mol. The van der Waals surface area contributed by atoms with E-state index in [0.29, 0.717) is 0 Å². The number of non-ortho nitro benzene ring substituents is 1. The first-order valence-electron chi connectivity index (χ1n) is 8.76. The normalized spacial score (nSPS) is 28.1. The molecule has 29 heavy (non-hydrogen) atoms. The van der Waals surface area contributed by atoms with Gasteiger partial charge in [0.25, 0.3) is 15.8 Å². The molecule has 2 heterocycles. The number of hydrogen-bond acceptors (Lipinski definition) is 10. The van der Waals surface area contributed by atoms with E-state index < -0.39 is 51.4 Å². The molecule has 2 saturated heterocycles. The van der Waals surface area contributed by atoms with Gasteiger partial charge >= 0.3 is 5.97 Å². The first kappa shape index (κ1) is 21.6. The second-order valence-corrected chi connectivity index (χ2v) is 8.74. The molecule has 0 amide bonds. The zero-order valence-electron chi connectivity index (χ0n) is 16.0. The predicted octanol–water partition coefficient (Wildman–Crippen LogP) is 1.36. The van der Waals surface area contributed by atoms with Gasteiger partial charge in [0.05, 0.1) is 29.5 Å². The molecule has 2 fully saturated rings.